The molecule has 7 heteroatoms. The second-order valence-corrected chi connectivity index (χ2v) is 4.79. The average molecular weight is 277 g/mol. The Kier molecular flexibility index (Phi) is 5.03. The number of carbonyl (C=O) groups excluding carboxylic acids is 1. The Morgan fingerprint density at radius 3 is 2.85 bits per heavy atom. The Morgan fingerprint density at radius 1 is 1.55 bits per heavy atom. The van der Waals surface area contributed by atoms with Gasteiger partial charge in [0.2, 0.25) is 0 Å². The van der Waals surface area contributed by atoms with E-state index in [1.807, 2.05) is 0 Å². The molecule has 0 aliphatic heterocycles. The summed E-state index contributed by atoms with van der Waals surface area (Å²) in [5.41, 5.74) is -0.386. The molecule has 0 bridgehead atoms. The summed E-state index contributed by atoms with van der Waals surface area (Å²) < 4.78 is 5.01. The predicted octanol–water partition coefficient (Wildman–Crippen LogP) is 1.87. The van der Waals surface area contributed by atoms with Crippen molar-refractivity contribution < 1.29 is 14.5 Å². The van der Waals surface area contributed by atoms with Crippen molar-refractivity contribution in [1.82, 2.24) is 10.3 Å². The van der Waals surface area contributed by atoms with Crippen molar-refractivity contribution in [3.8, 4) is 11.8 Å². The summed E-state index contributed by atoms with van der Waals surface area (Å²) in [4.78, 5) is 25.0. The normalized spacial score (nSPS) is 10.2. The van der Waals surface area contributed by atoms with E-state index in [0.29, 0.717) is 0 Å². The van der Waals surface area contributed by atoms with Crippen LogP contribution in [-0.2, 0) is 4.74 Å². The molecule has 7 nitrogen and oxygen atoms in total. The molecule has 106 valence electrons. The summed E-state index contributed by atoms with van der Waals surface area (Å²) in [6, 6.07) is 3.05. The van der Waals surface area contributed by atoms with E-state index in [2.05, 4.69) is 22.1 Å². The van der Waals surface area contributed by atoms with Gasteiger partial charge in [-0.3, -0.25) is 0 Å². The lowest BCUT2D eigenvalue weighted by Crippen LogP contribution is -2.32. The number of pyridine rings is 1. The van der Waals surface area contributed by atoms with Gasteiger partial charge < -0.3 is 20.2 Å². The van der Waals surface area contributed by atoms with Gasteiger partial charge in [-0.05, 0) is 42.8 Å². The Morgan fingerprint density at radius 2 is 2.25 bits per heavy atom. The number of hydrogen-bond acceptors (Lipinski definition) is 5. The summed E-state index contributed by atoms with van der Waals surface area (Å²) in [7, 11) is 0. The fourth-order valence-electron chi connectivity index (χ4n) is 1.21. The van der Waals surface area contributed by atoms with Gasteiger partial charge in [0.05, 0.1) is 6.54 Å². The van der Waals surface area contributed by atoms with Crippen molar-refractivity contribution in [3.05, 3.63) is 34.0 Å². The van der Waals surface area contributed by atoms with Crippen molar-refractivity contribution >= 4 is 11.9 Å². The number of nitrogens with zero attached hydrogens (tertiary/aromatic N) is 2. The molecule has 0 radical (unpaired) electrons. The maximum atomic E-state index is 11.3. The van der Waals surface area contributed by atoms with Crippen LogP contribution in [0.5, 0.6) is 0 Å². The fraction of sp³-hybridized carbons (Fsp3) is 0.385. The van der Waals surface area contributed by atoms with Crippen LogP contribution < -0.4 is 5.32 Å². The molecular weight excluding hydrogens is 262 g/mol. The third kappa shape index (κ3) is 5.35. The second-order valence-electron chi connectivity index (χ2n) is 4.79. The maximum absolute atomic E-state index is 11.3. The standard InChI is InChI=1S/C13H15N3O4/c1-13(2,3)20-12(17)15-9-5-7-10-6-4-8-14-11(10)16(18)19/h4,6,8H,9H2,1-3H3,(H,15,17). The van der Waals surface area contributed by atoms with Crippen LogP contribution in [0, 0.1) is 22.0 Å². The molecule has 0 spiro atoms. The second kappa shape index (κ2) is 6.52. The molecule has 1 amide bonds. The van der Waals surface area contributed by atoms with E-state index in [1.54, 1.807) is 26.8 Å². The molecule has 1 rings (SSSR count). The molecule has 1 aromatic heterocycles. The third-order valence-electron chi connectivity index (χ3n) is 1.90. The van der Waals surface area contributed by atoms with Gasteiger partial charge in [-0.25, -0.2) is 4.79 Å². The molecule has 0 fully saturated rings. The quantitative estimate of drug-likeness (QED) is 0.506. The summed E-state index contributed by atoms with van der Waals surface area (Å²) >= 11 is 0. The number of aromatic nitrogens is 1. The molecule has 0 atom stereocenters. The first-order chi connectivity index (χ1) is 9.29. The average Bonchev–Trinajstić information content (AvgIpc) is 2.33. The molecule has 0 saturated heterocycles. The van der Waals surface area contributed by atoms with Crippen LogP contribution in [0.15, 0.2) is 18.3 Å². The molecule has 1 heterocycles. The first-order valence-electron chi connectivity index (χ1n) is 5.85. The van der Waals surface area contributed by atoms with Crippen LogP contribution in [0.1, 0.15) is 26.3 Å². The summed E-state index contributed by atoms with van der Waals surface area (Å²) in [6.07, 6.45) is 0.731. The zero-order chi connectivity index (χ0) is 15.2. The highest BCUT2D eigenvalue weighted by atomic mass is 16.6. The maximum Gasteiger partial charge on any atom is 0.408 e. The largest absolute Gasteiger partial charge is 0.444 e. The van der Waals surface area contributed by atoms with E-state index in [1.165, 1.54) is 12.3 Å². The van der Waals surface area contributed by atoms with Gasteiger partial charge in [-0.15, -0.1) is 0 Å². The first kappa shape index (κ1) is 15.4. The number of rotatable bonds is 2. The van der Waals surface area contributed by atoms with E-state index in [9.17, 15) is 14.9 Å². The van der Waals surface area contributed by atoms with Gasteiger partial charge in [-0.2, -0.15) is 0 Å². The minimum absolute atomic E-state index is 0.0287. The third-order valence-corrected chi connectivity index (χ3v) is 1.90. The number of alkyl carbamates (subject to hydrolysis) is 1. The molecule has 0 saturated carbocycles. The minimum Gasteiger partial charge on any atom is -0.444 e. The molecule has 1 aromatic rings. The lowest BCUT2D eigenvalue weighted by Gasteiger charge is -2.18. The molecule has 0 unspecified atom stereocenters. The number of nitro groups is 1. The van der Waals surface area contributed by atoms with Crippen molar-refractivity contribution in [3.63, 3.8) is 0 Å². The van der Waals surface area contributed by atoms with Gasteiger partial charge in [0.15, 0.2) is 0 Å². The van der Waals surface area contributed by atoms with Crippen molar-refractivity contribution in [1.29, 1.82) is 0 Å². The Bertz CT molecular complexity index is 567. The smallest absolute Gasteiger partial charge is 0.408 e. The van der Waals surface area contributed by atoms with Crippen LogP contribution in [0.2, 0.25) is 0 Å². The van der Waals surface area contributed by atoms with Crippen molar-refractivity contribution in [2.24, 2.45) is 0 Å². The van der Waals surface area contributed by atoms with Gasteiger partial charge in [0.1, 0.15) is 17.4 Å². The fourth-order valence-corrected chi connectivity index (χ4v) is 1.21. The lowest BCUT2D eigenvalue weighted by molar-refractivity contribution is -0.389. The van der Waals surface area contributed by atoms with E-state index >= 15 is 0 Å². The van der Waals surface area contributed by atoms with Gasteiger partial charge in [0.25, 0.3) is 0 Å². The summed E-state index contributed by atoms with van der Waals surface area (Å²) in [5, 5.41) is 13.1. The van der Waals surface area contributed by atoms with E-state index in [4.69, 9.17) is 4.74 Å². The number of hydrogen-bond donors (Lipinski definition) is 1. The monoisotopic (exact) mass is 277 g/mol. The van der Waals surface area contributed by atoms with Gasteiger partial charge in [0, 0.05) is 0 Å². The Balaban J connectivity index is 2.60. The molecular formula is C13H15N3O4. The number of ether oxygens (including phenoxy) is 1. The molecule has 0 aromatic carbocycles. The van der Waals surface area contributed by atoms with Crippen LogP contribution in [0.3, 0.4) is 0 Å². The van der Waals surface area contributed by atoms with Crippen LogP contribution in [-0.4, -0.2) is 28.1 Å². The molecule has 1 N–H and O–H groups in total. The number of amides is 1. The van der Waals surface area contributed by atoms with Gasteiger partial charge >= 0.3 is 11.9 Å². The molecule has 20 heavy (non-hydrogen) atoms. The minimum atomic E-state index is -0.606. The van der Waals surface area contributed by atoms with Crippen molar-refractivity contribution in [2.45, 2.75) is 26.4 Å². The highest BCUT2D eigenvalue weighted by Gasteiger charge is 2.15. The predicted molar refractivity (Wildman–Crippen MR) is 72.0 cm³/mol. The van der Waals surface area contributed by atoms with Crippen LogP contribution in [0.4, 0.5) is 10.6 Å². The Labute approximate surface area is 116 Å². The first-order valence-corrected chi connectivity index (χ1v) is 5.85. The topological polar surface area (TPSA) is 94.4 Å². The van der Waals surface area contributed by atoms with Gasteiger partial charge in [-0.1, -0.05) is 11.8 Å². The van der Waals surface area contributed by atoms with E-state index < -0.39 is 16.6 Å². The SMILES string of the molecule is CC(C)(C)OC(=O)NCC#Cc1cccnc1[N+](=O)[O-]. The summed E-state index contributed by atoms with van der Waals surface area (Å²) in [6.45, 7) is 5.27. The summed E-state index contributed by atoms with van der Waals surface area (Å²) in [5.74, 6) is 4.89. The zero-order valence-corrected chi connectivity index (χ0v) is 11.5. The Hall–Kier alpha value is -2.62. The van der Waals surface area contributed by atoms with Crippen molar-refractivity contribution in [2.75, 3.05) is 6.54 Å². The molecule has 0 aliphatic carbocycles. The van der Waals surface area contributed by atoms with Crippen LogP contribution in [0.25, 0.3) is 0 Å². The van der Waals surface area contributed by atoms with E-state index in [0.717, 1.165) is 0 Å². The zero-order valence-electron chi connectivity index (χ0n) is 11.5. The number of nitrogens with one attached hydrogen (secondary N) is 1. The number of carbonyl (C=O) groups is 1. The highest BCUT2D eigenvalue weighted by molar-refractivity contribution is 5.68. The lowest BCUT2D eigenvalue weighted by atomic mass is 10.2. The highest BCUT2D eigenvalue weighted by Crippen LogP contribution is 2.11. The van der Waals surface area contributed by atoms with Crippen LogP contribution >= 0.6 is 0 Å². The molecule has 0 aliphatic rings. The van der Waals surface area contributed by atoms with E-state index in [-0.39, 0.29) is 17.9 Å².